The number of hydrogen-bond acceptors (Lipinski definition) is 5. The highest BCUT2D eigenvalue weighted by Crippen LogP contribution is 2.29. The van der Waals surface area contributed by atoms with Gasteiger partial charge in [-0.3, -0.25) is 4.79 Å². The minimum absolute atomic E-state index is 0.118. The number of carbonyl (C=O) groups excluding carboxylic acids is 1. The summed E-state index contributed by atoms with van der Waals surface area (Å²) in [7, 11) is -3.89. The molecule has 1 fully saturated rings. The van der Waals surface area contributed by atoms with Crippen LogP contribution in [0.4, 0.5) is 5.69 Å². The van der Waals surface area contributed by atoms with Crippen LogP contribution >= 0.6 is 11.6 Å². The summed E-state index contributed by atoms with van der Waals surface area (Å²) >= 11 is 6.07. The van der Waals surface area contributed by atoms with Gasteiger partial charge in [-0.05, 0) is 62.1 Å². The third-order valence-corrected chi connectivity index (χ3v) is 7.88. The molecule has 8 nitrogen and oxygen atoms in total. The molecule has 1 atom stereocenters. The zero-order chi connectivity index (χ0) is 22.9. The molecule has 0 aliphatic carbocycles. The van der Waals surface area contributed by atoms with Crippen LogP contribution in [0.25, 0.3) is 11.0 Å². The van der Waals surface area contributed by atoms with Crippen LogP contribution in [0.1, 0.15) is 38.2 Å². The maximum atomic E-state index is 13.5. The first-order valence-electron chi connectivity index (χ1n) is 10.7. The highest BCUT2D eigenvalue weighted by Gasteiger charge is 2.38. The van der Waals surface area contributed by atoms with Crippen LogP contribution in [0.3, 0.4) is 0 Å². The summed E-state index contributed by atoms with van der Waals surface area (Å²) < 4.78 is 30.1. The average Bonchev–Trinajstić information content (AvgIpc) is 3.18. The number of rotatable bonds is 6. The zero-order valence-corrected chi connectivity index (χ0v) is 19.7. The minimum Gasteiger partial charge on any atom is -0.324 e. The first-order valence-corrected chi connectivity index (χ1v) is 12.5. The van der Waals surface area contributed by atoms with Gasteiger partial charge in [-0.15, -0.1) is 5.10 Å². The topological polar surface area (TPSA) is 97.2 Å². The SMILES string of the molecule is CCCn1nnc2cc(S(=O)(=O)N3CCCCC3C(=O)Nc3cc(Cl)ccc3C)ccc21. The number of nitrogens with one attached hydrogen (secondary N) is 1. The van der Waals surface area contributed by atoms with Crippen LogP contribution in [-0.4, -0.2) is 46.2 Å². The summed E-state index contributed by atoms with van der Waals surface area (Å²) in [5, 5.41) is 11.6. The number of aryl methyl sites for hydroxylation is 2. The number of piperidine rings is 1. The first-order chi connectivity index (χ1) is 15.3. The fourth-order valence-corrected chi connectivity index (χ4v) is 5.87. The monoisotopic (exact) mass is 475 g/mol. The molecule has 0 saturated carbocycles. The van der Waals surface area contributed by atoms with Crippen molar-refractivity contribution in [1.82, 2.24) is 19.3 Å². The van der Waals surface area contributed by atoms with Crippen LogP contribution in [0.5, 0.6) is 0 Å². The lowest BCUT2D eigenvalue weighted by Crippen LogP contribution is -2.49. The van der Waals surface area contributed by atoms with Gasteiger partial charge in [0.1, 0.15) is 11.6 Å². The Morgan fingerprint density at radius 2 is 2.03 bits per heavy atom. The Balaban J connectivity index is 1.63. The molecule has 0 spiro atoms. The van der Waals surface area contributed by atoms with Crippen molar-refractivity contribution in [1.29, 1.82) is 0 Å². The molecule has 2 heterocycles. The molecule has 1 unspecified atom stereocenters. The van der Waals surface area contributed by atoms with Crippen LogP contribution in [0.2, 0.25) is 5.02 Å². The van der Waals surface area contributed by atoms with E-state index >= 15 is 0 Å². The van der Waals surface area contributed by atoms with Gasteiger partial charge in [0.2, 0.25) is 15.9 Å². The molecule has 2 aromatic carbocycles. The van der Waals surface area contributed by atoms with E-state index in [1.165, 1.54) is 10.4 Å². The zero-order valence-electron chi connectivity index (χ0n) is 18.1. The largest absolute Gasteiger partial charge is 0.324 e. The van der Waals surface area contributed by atoms with Gasteiger partial charge in [0, 0.05) is 23.8 Å². The van der Waals surface area contributed by atoms with Gasteiger partial charge < -0.3 is 5.32 Å². The molecule has 1 aliphatic rings. The maximum Gasteiger partial charge on any atom is 0.243 e. The van der Waals surface area contributed by atoms with E-state index < -0.39 is 16.1 Å². The number of hydrogen-bond donors (Lipinski definition) is 1. The van der Waals surface area contributed by atoms with Crippen molar-refractivity contribution in [2.75, 3.05) is 11.9 Å². The second kappa shape index (κ2) is 9.17. The molecule has 1 aliphatic heterocycles. The summed E-state index contributed by atoms with van der Waals surface area (Å²) in [5.41, 5.74) is 2.75. The normalized spacial score (nSPS) is 17.5. The fourth-order valence-electron chi connectivity index (χ4n) is 4.02. The molecule has 10 heteroatoms. The summed E-state index contributed by atoms with van der Waals surface area (Å²) in [6.45, 7) is 4.90. The van der Waals surface area contributed by atoms with Gasteiger partial charge in [-0.1, -0.05) is 36.2 Å². The lowest BCUT2D eigenvalue weighted by molar-refractivity contribution is -0.120. The average molecular weight is 476 g/mol. The smallest absolute Gasteiger partial charge is 0.243 e. The molecule has 170 valence electrons. The van der Waals surface area contributed by atoms with E-state index in [1.54, 1.807) is 28.9 Å². The van der Waals surface area contributed by atoms with Crippen LogP contribution in [0, 0.1) is 6.92 Å². The number of carbonyl (C=O) groups is 1. The number of amides is 1. The maximum absolute atomic E-state index is 13.5. The van der Waals surface area contributed by atoms with Crippen molar-refractivity contribution in [3.8, 4) is 0 Å². The Morgan fingerprint density at radius 1 is 1.22 bits per heavy atom. The summed E-state index contributed by atoms with van der Waals surface area (Å²) in [4.78, 5) is 13.2. The number of anilines is 1. The molecular weight excluding hydrogens is 450 g/mol. The molecule has 1 aromatic heterocycles. The van der Waals surface area contributed by atoms with Crippen molar-refractivity contribution in [3.05, 3.63) is 47.0 Å². The van der Waals surface area contributed by atoms with Crippen molar-refractivity contribution < 1.29 is 13.2 Å². The molecule has 3 aromatic rings. The van der Waals surface area contributed by atoms with Gasteiger partial charge in [0.15, 0.2) is 0 Å². The van der Waals surface area contributed by atoms with Gasteiger partial charge in [-0.25, -0.2) is 13.1 Å². The highest BCUT2D eigenvalue weighted by molar-refractivity contribution is 7.89. The van der Waals surface area contributed by atoms with Crippen LogP contribution in [-0.2, 0) is 21.4 Å². The molecule has 4 rings (SSSR count). The molecule has 0 bridgehead atoms. The van der Waals surface area contributed by atoms with Crippen molar-refractivity contribution in [3.63, 3.8) is 0 Å². The Bertz CT molecular complexity index is 1260. The van der Waals surface area contributed by atoms with Gasteiger partial charge in [0.05, 0.1) is 10.4 Å². The molecule has 1 N–H and O–H groups in total. The molecule has 32 heavy (non-hydrogen) atoms. The van der Waals surface area contributed by atoms with Crippen LogP contribution in [0.15, 0.2) is 41.3 Å². The number of halogens is 1. The predicted molar refractivity (Wildman–Crippen MR) is 124 cm³/mol. The Morgan fingerprint density at radius 3 is 2.81 bits per heavy atom. The number of sulfonamides is 1. The Labute approximate surface area is 192 Å². The molecule has 1 saturated heterocycles. The van der Waals surface area contributed by atoms with Gasteiger partial charge in [0.25, 0.3) is 0 Å². The highest BCUT2D eigenvalue weighted by atomic mass is 35.5. The van der Waals surface area contributed by atoms with E-state index in [0.29, 0.717) is 35.6 Å². The number of nitrogens with zero attached hydrogens (tertiary/aromatic N) is 4. The Kier molecular flexibility index (Phi) is 6.50. The minimum atomic E-state index is -3.89. The second-order valence-electron chi connectivity index (χ2n) is 8.04. The van der Waals surface area contributed by atoms with E-state index in [9.17, 15) is 13.2 Å². The number of fused-ring (bicyclic) bond motifs is 1. The third-order valence-electron chi connectivity index (χ3n) is 5.74. The quantitative estimate of drug-likeness (QED) is 0.581. The van der Waals surface area contributed by atoms with Gasteiger partial charge in [-0.2, -0.15) is 4.31 Å². The second-order valence-corrected chi connectivity index (χ2v) is 10.4. The number of benzene rings is 2. The molecular formula is C22H26ClN5O3S. The summed E-state index contributed by atoms with van der Waals surface area (Å²) in [6.07, 6.45) is 2.84. The molecule has 0 radical (unpaired) electrons. The van der Waals surface area contributed by atoms with Gasteiger partial charge >= 0.3 is 0 Å². The first kappa shape index (κ1) is 22.7. The van der Waals surface area contributed by atoms with Crippen molar-refractivity contribution in [2.24, 2.45) is 0 Å². The number of aromatic nitrogens is 3. The standard InChI is InChI=1S/C22H26ClN5O3S/c1-3-11-27-20-10-9-17(14-19(20)25-26-27)32(30,31)28-12-5-4-6-21(28)22(29)24-18-13-16(23)8-7-15(18)2/h7-10,13-14,21H,3-6,11-12H2,1-2H3,(H,24,29). The Hall–Kier alpha value is -2.49. The summed E-state index contributed by atoms with van der Waals surface area (Å²) in [5.74, 6) is -0.353. The van der Waals surface area contributed by atoms with E-state index in [4.69, 9.17) is 11.6 Å². The van der Waals surface area contributed by atoms with E-state index in [1.807, 2.05) is 19.9 Å². The van der Waals surface area contributed by atoms with Crippen LogP contribution < -0.4 is 5.32 Å². The molecule has 1 amide bonds. The predicted octanol–water partition coefficient (Wildman–Crippen LogP) is 3.99. The lowest BCUT2D eigenvalue weighted by atomic mass is 10.0. The van der Waals surface area contributed by atoms with E-state index in [2.05, 4.69) is 15.6 Å². The van der Waals surface area contributed by atoms with Crippen molar-refractivity contribution in [2.45, 2.75) is 57.0 Å². The third kappa shape index (κ3) is 4.37. The fraction of sp³-hybridized carbons (Fsp3) is 0.409. The lowest BCUT2D eigenvalue weighted by Gasteiger charge is -2.33. The summed E-state index contributed by atoms with van der Waals surface area (Å²) in [6, 6.07) is 9.27. The van der Waals surface area contributed by atoms with Crippen molar-refractivity contribution >= 4 is 44.3 Å². The van der Waals surface area contributed by atoms with E-state index in [0.717, 1.165) is 23.9 Å². The van der Waals surface area contributed by atoms with E-state index in [-0.39, 0.29) is 17.3 Å².